The molecule has 6 atom stereocenters. The second kappa shape index (κ2) is 15.3. The minimum Gasteiger partial charge on any atom is -0.462 e. The van der Waals surface area contributed by atoms with E-state index in [4.69, 9.17) is 4.74 Å². The maximum atomic E-state index is 12.6. The Hall–Kier alpha value is -0.790. The van der Waals surface area contributed by atoms with Crippen LogP contribution in [-0.4, -0.2) is 12.1 Å². The number of hydrogen-bond acceptors (Lipinski definition) is 2. The Morgan fingerprint density at radius 2 is 1.76 bits per heavy atom. The van der Waals surface area contributed by atoms with Crippen LogP contribution in [0.3, 0.4) is 0 Å². The van der Waals surface area contributed by atoms with Gasteiger partial charge in [-0.15, -0.1) is 0 Å². The Bertz CT molecular complexity index is 738. The fourth-order valence-corrected chi connectivity index (χ4v) is 8.77. The molecule has 2 heteroatoms. The molecule has 0 aromatic rings. The molecular weight excluding hydrogens is 464 g/mol. The van der Waals surface area contributed by atoms with Crippen LogP contribution in [0.2, 0.25) is 0 Å². The number of hydrogen-bond donors (Lipinski definition) is 0. The van der Waals surface area contributed by atoms with Crippen LogP contribution in [0.25, 0.3) is 0 Å². The van der Waals surface area contributed by atoms with E-state index in [9.17, 15) is 4.79 Å². The van der Waals surface area contributed by atoms with Gasteiger partial charge in [-0.3, -0.25) is 4.79 Å². The van der Waals surface area contributed by atoms with E-state index in [2.05, 4.69) is 47.6 Å². The number of allylic oxidation sites excluding steroid dienone is 1. The van der Waals surface area contributed by atoms with Gasteiger partial charge in [0.05, 0.1) is 0 Å². The summed E-state index contributed by atoms with van der Waals surface area (Å²) in [5.74, 6) is 3.54. The number of ether oxygens (including phenoxy) is 1. The molecule has 0 aromatic heterocycles. The number of carbonyl (C=O) groups is 1. The van der Waals surface area contributed by atoms with E-state index in [1.165, 1.54) is 103 Å². The summed E-state index contributed by atoms with van der Waals surface area (Å²) in [7, 11) is 0. The lowest BCUT2D eigenvalue weighted by atomic mass is 9.62. The van der Waals surface area contributed by atoms with Crippen molar-refractivity contribution in [2.75, 3.05) is 0 Å². The molecule has 0 aliphatic heterocycles. The van der Waals surface area contributed by atoms with Gasteiger partial charge in [0.1, 0.15) is 6.10 Å². The van der Waals surface area contributed by atoms with Gasteiger partial charge < -0.3 is 4.74 Å². The zero-order chi connectivity index (χ0) is 27.6. The number of carbonyl (C=O) groups excluding carboxylic acids is 1. The number of unbranched alkanes of at least 4 members (excludes halogenated alkanes) is 6. The SMILES string of the molecule is CCCCCCCCC(=O)O[C@H]1CC[C@]2(C)CCC[C@@]3(C)C(CCC=C2C1)[C@@H](C)C[C@@H]3CCCCC(C)C. The second-order valence-corrected chi connectivity index (χ2v) is 14.8. The van der Waals surface area contributed by atoms with Crippen LogP contribution in [0.1, 0.15) is 170 Å². The Morgan fingerprint density at radius 3 is 2.53 bits per heavy atom. The first-order valence-electron chi connectivity index (χ1n) is 17.1. The van der Waals surface area contributed by atoms with Crippen molar-refractivity contribution in [3.8, 4) is 0 Å². The average molecular weight is 529 g/mol. The van der Waals surface area contributed by atoms with Crippen molar-refractivity contribution in [2.24, 2.45) is 34.5 Å². The largest absolute Gasteiger partial charge is 0.462 e. The highest BCUT2D eigenvalue weighted by molar-refractivity contribution is 5.69. The number of esters is 1. The van der Waals surface area contributed by atoms with E-state index in [0.717, 1.165) is 42.9 Å². The number of rotatable bonds is 13. The third kappa shape index (κ3) is 8.86. The molecule has 220 valence electrons. The highest BCUT2D eigenvalue weighted by atomic mass is 16.5. The van der Waals surface area contributed by atoms with Crippen molar-refractivity contribution in [1.82, 2.24) is 0 Å². The summed E-state index contributed by atoms with van der Waals surface area (Å²) in [5.41, 5.74) is 2.45. The summed E-state index contributed by atoms with van der Waals surface area (Å²) >= 11 is 0. The van der Waals surface area contributed by atoms with Crippen molar-refractivity contribution < 1.29 is 9.53 Å². The molecule has 2 nitrogen and oxygen atoms in total. The predicted molar refractivity (Wildman–Crippen MR) is 163 cm³/mol. The molecule has 38 heavy (non-hydrogen) atoms. The first kappa shape index (κ1) is 31.7. The highest BCUT2D eigenvalue weighted by Gasteiger charge is 2.49. The maximum Gasteiger partial charge on any atom is 0.306 e. The van der Waals surface area contributed by atoms with Crippen molar-refractivity contribution >= 4 is 5.97 Å². The zero-order valence-corrected chi connectivity index (χ0v) is 26.4. The monoisotopic (exact) mass is 528 g/mol. The lowest BCUT2D eigenvalue weighted by Gasteiger charge is -2.44. The summed E-state index contributed by atoms with van der Waals surface area (Å²) in [5, 5.41) is 0. The van der Waals surface area contributed by atoms with Gasteiger partial charge >= 0.3 is 5.97 Å². The normalized spacial score (nSPS) is 33.9. The third-order valence-corrected chi connectivity index (χ3v) is 11.3. The topological polar surface area (TPSA) is 26.3 Å². The molecule has 3 rings (SSSR count). The zero-order valence-electron chi connectivity index (χ0n) is 26.4. The summed E-state index contributed by atoms with van der Waals surface area (Å²) in [6.45, 7) is 14.7. The predicted octanol–water partition coefficient (Wildman–Crippen LogP) is 11.2. The fourth-order valence-electron chi connectivity index (χ4n) is 8.77. The smallest absolute Gasteiger partial charge is 0.306 e. The quantitative estimate of drug-likeness (QED) is 0.135. The van der Waals surface area contributed by atoms with E-state index in [-0.39, 0.29) is 12.1 Å². The highest BCUT2D eigenvalue weighted by Crippen LogP contribution is 2.58. The molecule has 0 radical (unpaired) electrons. The lowest BCUT2D eigenvalue weighted by Crippen LogP contribution is -2.35. The second-order valence-electron chi connectivity index (χ2n) is 14.8. The van der Waals surface area contributed by atoms with Crippen LogP contribution in [-0.2, 0) is 9.53 Å². The molecular formula is C36H64O2. The first-order chi connectivity index (χ1) is 18.2. The van der Waals surface area contributed by atoms with Crippen LogP contribution >= 0.6 is 0 Å². The molecule has 0 N–H and O–H groups in total. The molecule has 3 aliphatic carbocycles. The summed E-state index contributed by atoms with van der Waals surface area (Å²) in [6.07, 6.45) is 27.6. The van der Waals surface area contributed by atoms with Crippen molar-refractivity contribution in [1.29, 1.82) is 0 Å². The lowest BCUT2D eigenvalue weighted by molar-refractivity contribution is -0.150. The average Bonchev–Trinajstić information content (AvgIpc) is 3.10. The third-order valence-electron chi connectivity index (χ3n) is 11.3. The Morgan fingerprint density at radius 1 is 1.00 bits per heavy atom. The van der Waals surface area contributed by atoms with E-state index < -0.39 is 0 Å². The minimum absolute atomic E-state index is 0.0459. The summed E-state index contributed by atoms with van der Waals surface area (Å²) < 4.78 is 6.04. The van der Waals surface area contributed by atoms with E-state index in [0.29, 0.717) is 17.3 Å². The molecule has 2 saturated carbocycles. The van der Waals surface area contributed by atoms with Crippen molar-refractivity contribution in [3.63, 3.8) is 0 Å². The van der Waals surface area contributed by atoms with Gasteiger partial charge in [0, 0.05) is 12.8 Å². The van der Waals surface area contributed by atoms with Crippen LogP contribution in [0, 0.1) is 34.5 Å². The molecule has 0 bridgehead atoms. The van der Waals surface area contributed by atoms with Gasteiger partial charge in [-0.25, -0.2) is 0 Å². The van der Waals surface area contributed by atoms with Crippen LogP contribution in [0.15, 0.2) is 11.6 Å². The Kier molecular flexibility index (Phi) is 12.8. The van der Waals surface area contributed by atoms with Crippen LogP contribution in [0.5, 0.6) is 0 Å². The van der Waals surface area contributed by atoms with E-state index in [1.807, 2.05) is 0 Å². The molecule has 3 aliphatic rings. The molecule has 0 heterocycles. The molecule has 0 amide bonds. The standard InChI is InChI=1S/C36H64O2/c1-7-8-9-10-11-12-21-34(37)38-32-22-25-35(5)23-16-24-36(6)31(18-14-13-17-28(2)3)26-29(4)33(36)20-15-19-30(35)27-32/h19,28-29,31-33H,7-18,20-27H2,1-6H3/t29-,31-,32-,33?,35-,36+/m0/s1. The molecule has 1 unspecified atom stereocenters. The fraction of sp³-hybridized carbons (Fsp3) is 0.917. The minimum atomic E-state index is 0.0459. The van der Waals surface area contributed by atoms with Gasteiger partial charge in [-0.05, 0) is 92.3 Å². The van der Waals surface area contributed by atoms with Crippen molar-refractivity contribution in [2.45, 2.75) is 176 Å². The van der Waals surface area contributed by atoms with Gasteiger partial charge in [-0.1, -0.05) is 111 Å². The first-order valence-corrected chi connectivity index (χ1v) is 17.1. The number of fused-ring (bicyclic) bond motifs is 2. The molecule has 0 spiro atoms. The summed E-state index contributed by atoms with van der Waals surface area (Å²) in [6, 6.07) is 0. The Labute approximate surface area is 237 Å². The van der Waals surface area contributed by atoms with Gasteiger partial charge in [0.2, 0.25) is 0 Å². The van der Waals surface area contributed by atoms with Crippen LogP contribution in [0.4, 0.5) is 0 Å². The van der Waals surface area contributed by atoms with Gasteiger partial charge in [0.25, 0.3) is 0 Å². The van der Waals surface area contributed by atoms with Gasteiger partial charge in [0.15, 0.2) is 0 Å². The molecule has 0 saturated heterocycles. The molecule has 0 aromatic carbocycles. The van der Waals surface area contributed by atoms with Crippen molar-refractivity contribution in [3.05, 3.63) is 11.6 Å². The van der Waals surface area contributed by atoms with E-state index in [1.54, 1.807) is 5.57 Å². The Balaban J connectivity index is 1.54. The van der Waals surface area contributed by atoms with E-state index >= 15 is 0 Å². The summed E-state index contributed by atoms with van der Waals surface area (Å²) in [4.78, 5) is 12.6. The van der Waals surface area contributed by atoms with Gasteiger partial charge in [-0.2, -0.15) is 0 Å². The maximum absolute atomic E-state index is 12.6. The molecule has 2 fully saturated rings. The van der Waals surface area contributed by atoms with Crippen LogP contribution < -0.4 is 0 Å².